The molecule has 1 aromatic heterocycles. The molecule has 1 aliphatic rings. The van der Waals surface area contributed by atoms with E-state index in [4.69, 9.17) is 4.74 Å². The molecular formula is C19H23FN4O2. The standard InChI is InChI=1S/C19H23FN4O2/c1-13-10-15(23-19(22-13)24-8-4-3-5-9-24)12-21-18(25)14-6-7-17(26-2)16(20)11-14/h6-7,10-11H,3-5,8-9,12H2,1-2H3,(H,21,25). The number of hydrogen-bond acceptors (Lipinski definition) is 5. The van der Waals surface area contributed by atoms with Gasteiger partial charge in [-0.2, -0.15) is 0 Å². The second-order valence-corrected chi connectivity index (χ2v) is 6.38. The van der Waals surface area contributed by atoms with Crippen molar-refractivity contribution < 1.29 is 13.9 Å². The molecule has 0 saturated carbocycles. The van der Waals surface area contributed by atoms with Crippen LogP contribution < -0.4 is 15.0 Å². The van der Waals surface area contributed by atoms with Crippen LogP contribution >= 0.6 is 0 Å². The normalized spacial score (nSPS) is 14.2. The molecule has 26 heavy (non-hydrogen) atoms. The summed E-state index contributed by atoms with van der Waals surface area (Å²) >= 11 is 0. The van der Waals surface area contributed by atoms with Gasteiger partial charge in [0.15, 0.2) is 11.6 Å². The highest BCUT2D eigenvalue weighted by Gasteiger charge is 2.15. The summed E-state index contributed by atoms with van der Waals surface area (Å²) in [5.74, 6) is -0.101. The van der Waals surface area contributed by atoms with Gasteiger partial charge < -0.3 is 15.0 Å². The van der Waals surface area contributed by atoms with E-state index in [9.17, 15) is 9.18 Å². The van der Waals surface area contributed by atoms with Crippen molar-refractivity contribution in [3.63, 3.8) is 0 Å². The van der Waals surface area contributed by atoms with Crippen molar-refractivity contribution >= 4 is 11.9 Å². The van der Waals surface area contributed by atoms with Gasteiger partial charge in [0, 0.05) is 24.3 Å². The number of nitrogens with one attached hydrogen (secondary N) is 1. The van der Waals surface area contributed by atoms with Gasteiger partial charge in [-0.1, -0.05) is 0 Å². The van der Waals surface area contributed by atoms with E-state index in [2.05, 4.69) is 20.2 Å². The highest BCUT2D eigenvalue weighted by atomic mass is 19.1. The number of carbonyl (C=O) groups excluding carboxylic acids is 1. The zero-order chi connectivity index (χ0) is 18.5. The Morgan fingerprint density at radius 1 is 1.23 bits per heavy atom. The van der Waals surface area contributed by atoms with Crippen LogP contribution in [0.3, 0.4) is 0 Å². The van der Waals surface area contributed by atoms with Gasteiger partial charge in [0.25, 0.3) is 5.91 Å². The Morgan fingerprint density at radius 2 is 2.00 bits per heavy atom. The summed E-state index contributed by atoms with van der Waals surface area (Å²) in [5.41, 5.74) is 1.84. The third-order valence-corrected chi connectivity index (χ3v) is 4.38. The first-order valence-corrected chi connectivity index (χ1v) is 8.78. The lowest BCUT2D eigenvalue weighted by molar-refractivity contribution is 0.0950. The van der Waals surface area contributed by atoms with Crippen LogP contribution in [0, 0.1) is 12.7 Å². The van der Waals surface area contributed by atoms with Crippen LogP contribution in [0.25, 0.3) is 0 Å². The van der Waals surface area contributed by atoms with Crippen LogP contribution in [0.2, 0.25) is 0 Å². The molecule has 0 spiro atoms. The molecular weight excluding hydrogens is 335 g/mol. The fourth-order valence-corrected chi connectivity index (χ4v) is 3.02. The quantitative estimate of drug-likeness (QED) is 0.890. The molecule has 6 nitrogen and oxygen atoms in total. The first-order valence-electron chi connectivity index (χ1n) is 8.78. The molecule has 1 saturated heterocycles. The number of hydrogen-bond donors (Lipinski definition) is 1. The van der Waals surface area contributed by atoms with E-state index in [1.54, 1.807) is 0 Å². The van der Waals surface area contributed by atoms with Gasteiger partial charge in [-0.3, -0.25) is 4.79 Å². The van der Waals surface area contributed by atoms with E-state index in [0.29, 0.717) is 5.95 Å². The van der Waals surface area contributed by atoms with Crippen molar-refractivity contribution in [3.8, 4) is 5.75 Å². The fraction of sp³-hybridized carbons (Fsp3) is 0.421. The van der Waals surface area contributed by atoms with Crippen molar-refractivity contribution in [1.29, 1.82) is 0 Å². The molecule has 0 unspecified atom stereocenters. The third kappa shape index (κ3) is 4.28. The second kappa shape index (κ2) is 8.12. The average molecular weight is 358 g/mol. The van der Waals surface area contributed by atoms with Crippen LogP contribution in [0.5, 0.6) is 5.75 Å². The van der Waals surface area contributed by atoms with E-state index in [-0.39, 0.29) is 23.8 Å². The number of halogens is 1. The lowest BCUT2D eigenvalue weighted by Crippen LogP contribution is -2.32. The fourth-order valence-electron chi connectivity index (χ4n) is 3.02. The Hall–Kier alpha value is -2.70. The molecule has 7 heteroatoms. The number of aromatic nitrogens is 2. The molecule has 2 heterocycles. The molecule has 138 valence electrons. The first-order chi connectivity index (χ1) is 12.6. The number of benzene rings is 1. The van der Waals surface area contributed by atoms with Crippen molar-refractivity contribution in [2.45, 2.75) is 32.7 Å². The molecule has 0 bridgehead atoms. The zero-order valence-corrected chi connectivity index (χ0v) is 15.1. The maximum atomic E-state index is 13.8. The SMILES string of the molecule is COc1ccc(C(=O)NCc2cc(C)nc(N3CCCCC3)n2)cc1F. The lowest BCUT2D eigenvalue weighted by atomic mass is 10.1. The third-order valence-electron chi connectivity index (χ3n) is 4.38. The summed E-state index contributed by atoms with van der Waals surface area (Å²) < 4.78 is 18.6. The predicted octanol–water partition coefficient (Wildman–Crippen LogP) is 2.85. The number of rotatable bonds is 5. The number of nitrogens with zero attached hydrogens (tertiary/aromatic N) is 3. The van der Waals surface area contributed by atoms with E-state index in [0.717, 1.165) is 37.3 Å². The smallest absolute Gasteiger partial charge is 0.251 e. The Morgan fingerprint density at radius 3 is 2.69 bits per heavy atom. The minimum Gasteiger partial charge on any atom is -0.494 e. The maximum Gasteiger partial charge on any atom is 0.251 e. The zero-order valence-electron chi connectivity index (χ0n) is 15.1. The van der Waals surface area contributed by atoms with E-state index < -0.39 is 5.82 Å². The van der Waals surface area contributed by atoms with Gasteiger partial charge in [-0.05, 0) is 50.5 Å². The minimum absolute atomic E-state index is 0.110. The lowest BCUT2D eigenvalue weighted by Gasteiger charge is -2.27. The number of aryl methyl sites for hydroxylation is 1. The Labute approximate surface area is 152 Å². The van der Waals surface area contributed by atoms with Gasteiger partial charge in [0.2, 0.25) is 5.95 Å². The summed E-state index contributed by atoms with van der Waals surface area (Å²) in [6, 6.07) is 5.98. The summed E-state index contributed by atoms with van der Waals surface area (Å²) in [6.45, 7) is 4.09. The van der Waals surface area contributed by atoms with Crippen LogP contribution in [0.15, 0.2) is 24.3 Å². The highest BCUT2D eigenvalue weighted by molar-refractivity contribution is 5.94. The van der Waals surface area contributed by atoms with Crippen LogP contribution in [-0.4, -0.2) is 36.1 Å². The Kier molecular flexibility index (Phi) is 5.65. The maximum absolute atomic E-state index is 13.8. The molecule has 0 aliphatic carbocycles. The summed E-state index contributed by atoms with van der Waals surface area (Å²) in [4.78, 5) is 23.5. The van der Waals surface area contributed by atoms with Gasteiger partial charge in [-0.15, -0.1) is 0 Å². The van der Waals surface area contributed by atoms with Crippen molar-refractivity contribution in [2.24, 2.45) is 0 Å². The molecule has 1 aromatic carbocycles. The predicted molar refractivity (Wildman–Crippen MR) is 97.0 cm³/mol. The average Bonchev–Trinajstić information content (AvgIpc) is 2.66. The molecule has 3 rings (SSSR count). The van der Waals surface area contributed by atoms with Crippen LogP contribution in [0.4, 0.5) is 10.3 Å². The number of carbonyl (C=O) groups is 1. The van der Waals surface area contributed by atoms with E-state index >= 15 is 0 Å². The minimum atomic E-state index is -0.564. The number of methoxy groups -OCH3 is 1. The van der Waals surface area contributed by atoms with Gasteiger partial charge in [0.05, 0.1) is 19.3 Å². The molecule has 1 fully saturated rings. The second-order valence-electron chi connectivity index (χ2n) is 6.38. The van der Waals surface area contributed by atoms with Crippen LogP contribution in [-0.2, 0) is 6.54 Å². The number of anilines is 1. The Bertz CT molecular complexity index is 791. The molecule has 1 amide bonds. The molecule has 0 atom stereocenters. The Balaban J connectivity index is 1.68. The summed E-state index contributed by atoms with van der Waals surface area (Å²) in [6.07, 6.45) is 3.53. The molecule has 0 radical (unpaired) electrons. The van der Waals surface area contributed by atoms with Crippen molar-refractivity contribution in [1.82, 2.24) is 15.3 Å². The molecule has 2 aromatic rings. The molecule has 1 aliphatic heterocycles. The number of ether oxygens (including phenoxy) is 1. The summed E-state index contributed by atoms with van der Waals surface area (Å²) in [7, 11) is 1.38. The monoisotopic (exact) mass is 358 g/mol. The van der Waals surface area contributed by atoms with Gasteiger partial charge in [-0.25, -0.2) is 14.4 Å². The van der Waals surface area contributed by atoms with Gasteiger partial charge >= 0.3 is 0 Å². The van der Waals surface area contributed by atoms with Crippen molar-refractivity contribution in [2.75, 3.05) is 25.1 Å². The highest BCUT2D eigenvalue weighted by Crippen LogP contribution is 2.18. The topological polar surface area (TPSA) is 67.3 Å². The van der Waals surface area contributed by atoms with Gasteiger partial charge in [0.1, 0.15) is 0 Å². The van der Waals surface area contributed by atoms with Crippen molar-refractivity contribution in [3.05, 3.63) is 47.0 Å². The number of amides is 1. The van der Waals surface area contributed by atoms with E-state index in [1.807, 2.05) is 13.0 Å². The largest absolute Gasteiger partial charge is 0.494 e. The first kappa shape index (κ1) is 18.1. The molecule has 1 N–H and O–H groups in total. The summed E-state index contributed by atoms with van der Waals surface area (Å²) in [5, 5.41) is 2.78. The number of piperidine rings is 1. The van der Waals surface area contributed by atoms with Crippen LogP contribution in [0.1, 0.15) is 41.0 Å². The van der Waals surface area contributed by atoms with E-state index in [1.165, 1.54) is 31.7 Å².